The molecule has 0 amide bonds. The monoisotopic (exact) mass is 223 g/mol. The van der Waals surface area contributed by atoms with E-state index in [0.29, 0.717) is 0 Å². The molecule has 1 aliphatic rings. The van der Waals surface area contributed by atoms with Crippen LogP contribution in [0.3, 0.4) is 0 Å². The molecule has 0 unspecified atom stereocenters. The number of hydrogen-bond donors (Lipinski definition) is 0. The molecule has 1 aromatic carbocycles. The van der Waals surface area contributed by atoms with Gasteiger partial charge in [0.2, 0.25) is 0 Å². The molecule has 0 bridgehead atoms. The zero-order valence-electron chi connectivity index (χ0n) is 10.9. The van der Waals surface area contributed by atoms with Crippen LogP contribution in [-0.4, -0.2) is 4.98 Å². The van der Waals surface area contributed by atoms with Gasteiger partial charge in [-0.2, -0.15) is 0 Å². The Morgan fingerprint density at radius 1 is 0.941 bits per heavy atom. The number of benzene rings is 1. The van der Waals surface area contributed by atoms with Crippen LogP contribution in [-0.2, 0) is 6.42 Å². The molecule has 0 N–H and O–H groups in total. The lowest BCUT2D eigenvalue weighted by Gasteiger charge is -2.11. The average molecular weight is 223 g/mol. The van der Waals surface area contributed by atoms with Crippen LogP contribution in [0.1, 0.15) is 33.6 Å². The Bertz CT molecular complexity index is 624. The van der Waals surface area contributed by atoms with Gasteiger partial charge in [0, 0.05) is 17.0 Å². The molecule has 1 heteroatoms. The highest BCUT2D eigenvalue weighted by Crippen LogP contribution is 2.41. The number of hydrogen-bond acceptors (Lipinski definition) is 1. The topological polar surface area (TPSA) is 12.9 Å². The first-order valence-electron chi connectivity index (χ1n) is 6.15. The molecule has 0 radical (unpaired) electrons. The van der Waals surface area contributed by atoms with Gasteiger partial charge in [0.25, 0.3) is 0 Å². The number of nitrogens with zero attached hydrogens (tertiary/aromatic N) is 1. The molecular weight excluding hydrogens is 206 g/mol. The van der Waals surface area contributed by atoms with E-state index in [1.54, 1.807) is 0 Å². The third kappa shape index (κ3) is 1.35. The van der Waals surface area contributed by atoms with Crippen LogP contribution in [0, 0.1) is 27.7 Å². The maximum Gasteiger partial charge on any atom is 0.0457 e. The molecule has 0 saturated heterocycles. The Labute approximate surface area is 103 Å². The van der Waals surface area contributed by atoms with Gasteiger partial charge in [0.15, 0.2) is 0 Å². The Kier molecular flexibility index (Phi) is 2.12. The van der Waals surface area contributed by atoms with Crippen LogP contribution in [0.15, 0.2) is 18.2 Å². The molecule has 17 heavy (non-hydrogen) atoms. The number of rotatable bonds is 0. The molecule has 1 heterocycles. The quantitative estimate of drug-likeness (QED) is 0.563. The van der Waals surface area contributed by atoms with Crippen LogP contribution in [0.25, 0.3) is 11.1 Å². The van der Waals surface area contributed by atoms with Crippen LogP contribution < -0.4 is 0 Å². The average Bonchev–Trinajstić information content (AvgIpc) is 2.67. The van der Waals surface area contributed by atoms with Crippen molar-refractivity contribution in [1.82, 2.24) is 4.98 Å². The summed E-state index contributed by atoms with van der Waals surface area (Å²) >= 11 is 0. The standard InChI is InChI=1S/C16H17N/c1-9-6-5-7-13-8-14-10(2)11(3)17-12(4)16(14)15(9)13/h5-7H,8H2,1-4H3. The predicted molar refractivity (Wildman–Crippen MR) is 71.4 cm³/mol. The molecule has 86 valence electrons. The van der Waals surface area contributed by atoms with Crippen molar-refractivity contribution in [2.75, 3.05) is 0 Å². The van der Waals surface area contributed by atoms with Crippen LogP contribution in [0.5, 0.6) is 0 Å². The van der Waals surface area contributed by atoms with Gasteiger partial charge in [-0.1, -0.05) is 18.2 Å². The first-order chi connectivity index (χ1) is 8.09. The number of pyridine rings is 1. The van der Waals surface area contributed by atoms with Crippen molar-refractivity contribution >= 4 is 0 Å². The Morgan fingerprint density at radius 3 is 2.47 bits per heavy atom. The summed E-state index contributed by atoms with van der Waals surface area (Å²) in [6.45, 7) is 8.63. The van der Waals surface area contributed by atoms with Gasteiger partial charge in [-0.25, -0.2) is 0 Å². The normalized spacial score (nSPS) is 12.5. The molecule has 0 atom stereocenters. The second-order valence-corrected chi connectivity index (χ2v) is 5.05. The summed E-state index contributed by atoms with van der Waals surface area (Å²) in [5.74, 6) is 0. The van der Waals surface area contributed by atoms with E-state index in [-0.39, 0.29) is 0 Å². The highest BCUT2D eigenvalue weighted by molar-refractivity contribution is 5.82. The molecule has 1 aliphatic carbocycles. The fraction of sp³-hybridized carbons (Fsp3) is 0.312. The molecule has 1 nitrogen and oxygen atoms in total. The van der Waals surface area contributed by atoms with Crippen molar-refractivity contribution < 1.29 is 0 Å². The minimum atomic E-state index is 1.07. The van der Waals surface area contributed by atoms with E-state index in [4.69, 9.17) is 0 Å². The number of fused-ring (bicyclic) bond motifs is 3. The van der Waals surface area contributed by atoms with E-state index >= 15 is 0 Å². The van der Waals surface area contributed by atoms with Crippen molar-refractivity contribution in [3.63, 3.8) is 0 Å². The highest BCUT2D eigenvalue weighted by Gasteiger charge is 2.24. The number of aryl methyl sites for hydroxylation is 3. The molecular formula is C16H17N. The summed E-state index contributed by atoms with van der Waals surface area (Å²) in [7, 11) is 0. The SMILES string of the molecule is Cc1cccc2c1-c1c(C)nc(C)c(C)c1C2. The largest absolute Gasteiger partial charge is 0.258 e. The van der Waals surface area contributed by atoms with Crippen molar-refractivity contribution in [3.05, 3.63) is 51.8 Å². The maximum absolute atomic E-state index is 4.68. The lowest BCUT2D eigenvalue weighted by molar-refractivity contribution is 1.06. The predicted octanol–water partition coefficient (Wildman–Crippen LogP) is 3.89. The second kappa shape index (κ2) is 3.43. The Hall–Kier alpha value is -1.63. The smallest absolute Gasteiger partial charge is 0.0457 e. The summed E-state index contributed by atoms with van der Waals surface area (Å²) < 4.78 is 0. The first kappa shape index (κ1) is 10.5. The van der Waals surface area contributed by atoms with Crippen LogP contribution in [0.2, 0.25) is 0 Å². The maximum atomic E-state index is 4.68. The second-order valence-electron chi connectivity index (χ2n) is 5.05. The zero-order valence-corrected chi connectivity index (χ0v) is 10.9. The fourth-order valence-electron chi connectivity index (χ4n) is 2.99. The lowest BCUT2D eigenvalue weighted by atomic mass is 9.97. The molecule has 2 aromatic rings. The summed E-state index contributed by atoms with van der Waals surface area (Å²) in [5, 5.41) is 0. The van der Waals surface area contributed by atoms with Crippen molar-refractivity contribution in [2.24, 2.45) is 0 Å². The van der Waals surface area contributed by atoms with E-state index < -0.39 is 0 Å². The van der Waals surface area contributed by atoms with E-state index in [1.807, 2.05) is 0 Å². The van der Waals surface area contributed by atoms with Gasteiger partial charge in [0.1, 0.15) is 0 Å². The zero-order chi connectivity index (χ0) is 12.2. The molecule has 0 aliphatic heterocycles. The Balaban J connectivity index is 2.40. The third-order valence-corrected chi connectivity index (χ3v) is 3.97. The first-order valence-corrected chi connectivity index (χ1v) is 6.15. The van der Waals surface area contributed by atoms with Gasteiger partial charge >= 0.3 is 0 Å². The van der Waals surface area contributed by atoms with Gasteiger partial charge < -0.3 is 0 Å². The number of aromatic nitrogens is 1. The summed E-state index contributed by atoms with van der Waals surface area (Å²) in [4.78, 5) is 4.68. The van der Waals surface area contributed by atoms with E-state index in [9.17, 15) is 0 Å². The molecule has 1 aromatic heterocycles. The van der Waals surface area contributed by atoms with E-state index in [1.165, 1.54) is 44.8 Å². The molecule has 3 rings (SSSR count). The van der Waals surface area contributed by atoms with Gasteiger partial charge in [-0.15, -0.1) is 0 Å². The Morgan fingerprint density at radius 2 is 1.71 bits per heavy atom. The van der Waals surface area contributed by atoms with E-state index in [0.717, 1.165) is 6.42 Å². The van der Waals surface area contributed by atoms with Crippen LogP contribution in [0.4, 0.5) is 0 Å². The molecule has 0 fully saturated rings. The minimum Gasteiger partial charge on any atom is -0.258 e. The van der Waals surface area contributed by atoms with Crippen molar-refractivity contribution in [1.29, 1.82) is 0 Å². The fourth-order valence-corrected chi connectivity index (χ4v) is 2.99. The molecule has 0 saturated carbocycles. The highest BCUT2D eigenvalue weighted by atomic mass is 14.7. The minimum absolute atomic E-state index is 1.07. The lowest BCUT2D eigenvalue weighted by Crippen LogP contribution is -1.98. The van der Waals surface area contributed by atoms with Gasteiger partial charge in [-0.3, -0.25) is 4.98 Å². The summed E-state index contributed by atoms with van der Waals surface area (Å²) in [5.41, 5.74) is 10.8. The van der Waals surface area contributed by atoms with Gasteiger partial charge in [0.05, 0.1) is 0 Å². The summed E-state index contributed by atoms with van der Waals surface area (Å²) in [6.07, 6.45) is 1.07. The van der Waals surface area contributed by atoms with Crippen molar-refractivity contribution in [3.8, 4) is 11.1 Å². The van der Waals surface area contributed by atoms with Crippen LogP contribution >= 0.6 is 0 Å². The third-order valence-electron chi connectivity index (χ3n) is 3.97. The molecule has 0 spiro atoms. The van der Waals surface area contributed by atoms with E-state index in [2.05, 4.69) is 50.9 Å². The van der Waals surface area contributed by atoms with Gasteiger partial charge in [-0.05, 0) is 61.9 Å². The summed E-state index contributed by atoms with van der Waals surface area (Å²) in [6, 6.07) is 6.60. The van der Waals surface area contributed by atoms with Crippen molar-refractivity contribution in [2.45, 2.75) is 34.1 Å².